The summed E-state index contributed by atoms with van der Waals surface area (Å²) in [6.45, 7) is 1.96. The number of benzene rings is 3. The molecule has 5 rings (SSSR count). The van der Waals surface area contributed by atoms with E-state index in [-0.39, 0.29) is 5.91 Å². The summed E-state index contributed by atoms with van der Waals surface area (Å²) in [4.78, 5) is 21.3. The first-order valence-corrected chi connectivity index (χ1v) is 11.3. The minimum absolute atomic E-state index is 0.196. The van der Waals surface area contributed by atoms with E-state index in [1.165, 1.54) is 0 Å². The first kappa shape index (κ1) is 22.6. The number of carbonyl (C=O) groups is 1. The standard InChI is InChI=1S/C29H22N6O/c1-19-25(33-23-11-14-31-15-12-23)3-2-4-26(19)35-29(36)21-6-8-22(9-7-21)34-28-13-16-32-27-10-5-20(18-30)17-24(27)28/h2-17H,1H3,(H,31,33)(H,32,34)(H,35,36). The molecule has 0 spiro atoms. The molecular formula is C29H22N6O. The molecule has 7 nitrogen and oxygen atoms in total. The third kappa shape index (κ3) is 4.83. The van der Waals surface area contributed by atoms with Crippen LogP contribution in [0.4, 0.5) is 28.4 Å². The topological polar surface area (TPSA) is 103 Å². The molecule has 0 aliphatic carbocycles. The molecule has 0 atom stereocenters. The number of nitrogens with one attached hydrogen (secondary N) is 3. The molecule has 5 aromatic rings. The van der Waals surface area contributed by atoms with E-state index in [0.29, 0.717) is 11.1 Å². The maximum atomic E-state index is 13.0. The quantitative estimate of drug-likeness (QED) is 0.260. The fourth-order valence-corrected chi connectivity index (χ4v) is 3.88. The minimum atomic E-state index is -0.196. The summed E-state index contributed by atoms with van der Waals surface area (Å²) < 4.78 is 0. The number of rotatable bonds is 6. The van der Waals surface area contributed by atoms with Gasteiger partial charge in [0.25, 0.3) is 5.91 Å². The van der Waals surface area contributed by atoms with Gasteiger partial charge < -0.3 is 16.0 Å². The van der Waals surface area contributed by atoms with Crippen LogP contribution in [0, 0.1) is 18.3 Å². The molecule has 0 unspecified atom stereocenters. The van der Waals surface area contributed by atoms with Gasteiger partial charge in [0.1, 0.15) is 0 Å². The largest absolute Gasteiger partial charge is 0.355 e. The summed E-state index contributed by atoms with van der Waals surface area (Å²) in [6, 6.07) is 26.2. The van der Waals surface area contributed by atoms with E-state index in [0.717, 1.165) is 44.9 Å². The molecular weight excluding hydrogens is 448 g/mol. The Bertz CT molecular complexity index is 1590. The van der Waals surface area contributed by atoms with Gasteiger partial charge in [0.2, 0.25) is 0 Å². The summed E-state index contributed by atoms with van der Waals surface area (Å²) >= 11 is 0. The van der Waals surface area contributed by atoms with Crippen molar-refractivity contribution < 1.29 is 4.79 Å². The number of nitrogens with zero attached hydrogens (tertiary/aromatic N) is 3. The van der Waals surface area contributed by atoms with E-state index in [4.69, 9.17) is 0 Å². The lowest BCUT2D eigenvalue weighted by molar-refractivity contribution is 0.102. The van der Waals surface area contributed by atoms with Crippen LogP contribution in [0.15, 0.2) is 97.5 Å². The number of anilines is 5. The molecule has 0 aliphatic rings. The first-order chi connectivity index (χ1) is 17.6. The molecule has 2 aromatic heterocycles. The summed E-state index contributed by atoms with van der Waals surface area (Å²) in [6.07, 6.45) is 5.17. The second-order valence-corrected chi connectivity index (χ2v) is 8.20. The molecule has 0 bridgehead atoms. The normalized spacial score (nSPS) is 10.4. The SMILES string of the molecule is Cc1c(NC(=O)c2ccc(Nc3ccnc4ccc(C#N)cc34)cc2)cccc1Nc1ccncc1. The molecule has 0 radical (unpaired) electrons. The van der Waals surface area contributed by atoms with E-state index < -0.39 is 0 Å². The van der Waals surface area contributed by atoms with Gasteiger partial charge in [0.05, 0.1) is 17.1 Å². The van der Waals surface area contributed by atoms with Crippen molar-refractivity contribution in [3.63, 3.8) is 0 Å². The molecule has 2 heterocycles. The van der Waals surface area contributed by atoms with Gasteiger partial charge in [-0.3, -0.25) is 14.8 Å². The maximum Gasteiger partial charge on any atom is 0.255 e. The molecule has 0 saturated carbocycles. The lowest BCUT2D eigenvalue weighted by Crippen LogP contribution is -2.13. The first-order valence-electron chi connectivity index (χ1n) is 11.3. The fourth-order valence-electron chi connectivity index (χ4n) is 3.88. The van der Waals surface area contributed by atoms with Crippen molar-refractivity contribution >= 4 is 45.2 Å². The van der Waals surface area contributed by atoms with E-state index in [1.807, 2.05) is 67.6 Å². The Labute approximate surface area is 208 Å². The van der Waals surface area contributed by atoms with Gasteiger partial charge in [0.15, 0.2) is 0 Å². The van der Waals surface area contributed by atoms with Crippen molar-refractivity contribution in [2.45, 2.75) is 6.92 Å². The van der Waals surface area contributed by atoms with Crippen LogP contribution in [-0.2, 0) is 0 Å². The number of amides is 1. The molecule has 0 saturated heterocycles. The summed E-state index contributed by atoms with van der Waals surface area (Å²) in [5.41, 5.74) is 7.06. The second-order valence-electron chi connectivity index (χ2n) is 8.20. The van der Waals surface area contributed by atoms with Crippen LogP contribution in [0.25, 0.3) is 10.9 Å². The summed E-state index contributed by atoms with van der Waals surface area (Å²) in [5, 5.41) is 19.8. The van der Waals surface area contributed by atoms with Crippen LogP contribution in [0.5, 0.6) is 0 Å². The summed E-state index contributed by atoms with van der Waals surface area (Å²) in [7, 11) is 0. The van der Waals surface area contributed by atoms with Crippen LogP contribution in [0.1, 0.15) is 21.5 Å². The Kier molecular flexibility index (Phi) is 6.24. The summed E-state index contributed by atoms with van der Waals surface area (Å²) in [5.74, 6) is -0.196. The third-order valence-electron chi connectivity index (χ3n) is 5.84. The number of aromatic nitrogens is 2. The lowest BCUT2D eigenvalue weighted by atomic mass is 10.1. The van der Waals surface area contributed by atoms with Crippen molar-refractivity contribution in [2.75, 3.05) is 16.0 Å². The number of carbonyl (C=O) groups excluding carboxylic acids is 1. The average molecular weight is 471 g/mol. The zero-order chi connectivity index (χ0) is 24.9. The highest BCUT2D eigenvalue weighted by atomic mass is 16.1. The number of nitriles is 1. The van der Waals surface area contributed by atoms with Gasteiger partial charge in [-0.25, -0.2) is 0 Å². The van der Waals surface area contributed by atoms with E-state index in [9.17, 15) is 10.1 Å². The molecule has 3 N–H and O–H groups in total. The number of pyridine rings is 2. The highest BCUT2D eigenvalue weighted by Crippen LogP contribution is 2.28. The van der Waals surface area contributed by atoms with E-state index in [2.05, 4.69) is 32.0 Å². The Morgan fingerprint density at radius 3 is 2.31 bits per heavy atom. The molecule has 174 valence electrons. The minimum Gasteiger partial charge on any atom is -0.355 e. The van der Waals surface area contributed by atoms with Gasteiger partial charge in [-0.2, -0.15) is 5.26 Å². The van der Waals surface area contributed by atoms with Crippen LogP contribution < -0.4 is 16.0 Å². The van der Waals surface area contributed by atoms with Crippen LogP contribution in [-0.4, -0.2) is 15.9 Å². The highest BCUT2D eigenvalue weighted by molar-refractivity contribution is 6.05. The van der Waals surface area contributed by atoms with Gasteiger partial charge in [-0.15, -0.1) is 0 Å². The van der Waals surface area contributed by atoms with Crippen molar-refractivity contribution in [1.82, 2.24) is 9.97 Å². The Hall–Kier alpha value is -5.22. The predicted octanol–water partition coefficient (Wildman–Crippen LogP) is 6.55. The third-order valence-corrected chi connectivity index (χ3v) is 5.84. The van der Waals surface area contributed by atoms with E-state index >= 15 is 0 Å². The number of hydrogen-bond donors (Lipinski definition) is 3. The molecule has 0 fully saturated rings. The second kappa shape index (κ2) is 9.95. The Morgan fingerprint density at radius 2 is 1.53 bits per heavy atom. The van der Waals surface area contributed by atoms with Crippen molar-refractivity contribution in [2.24, 2.45) is 0 Å². The predicted molar refractivity (Wildman–Crippen MR) is 143 cm³/mol. The maximum absolute atomic E-state index is 13.0. The number of fused-ring (bicyclic) bond motifs is 1. The van der Waals surface area contributed by atoms with Crippen LogP contribution in [0.3, 0.4) is 0 Å². The van der Waals surface area contributed by atoms with Crippen molar-refractivity contribution in [3.8, 4) is 6.07 Å². The highest BCUT2D eigenvalue weighted by Gasteiger charge is 2.11. The van der Waals surface area contributed by atoms with Crippen LogP contribution >= 0.6 is 0 Å². The Morgan fingerprint density at radius 1 is 0.806 bits per heavy atom. The van der Waals surface area contributed by atoms with Gasteiger partial charge >= 0.3 is 0 Å². The Balaban J connectivity index is 1.31. The fraction of sp³-hybridized carbons (Fsp3) is 0.0345. The zero-order valence-electron chi connectivity index (χ0n) is 19.5. The molecule has 3 aromatic carbocycles. The lowest BCUT2D eigenvalue weighted by Gasteiger charge is -2.14. The smallest absolute Gasteiger partial charge is 0.255 e. The van der Waals surface area contributed by atoms with Crippen molar-refractivity contribution in [3.05, 3.63) is 114 Å². The van der Waals surface area contributed by atoms with Gasteiger partial charge in [0, 0.05) is 58.0 Å². The van der Waals surface area contributed by atoms with Crippen LogP contribution in [0.2, 0.25) is 0 Å². The van der Waals surface area contributed by atoms with Crippen molar-refractivity contribution in [1.29, 1.82) is 5.26 Å². The van der Waals surface area contributed by atoms with Gasteiger partial charge in [-0.1, -0.05) is 6.07 Å². The van der Waals surface area contributed by atoms with Gasteiger partial charge in [-0.05, 0) is 85.3 Å². The molecule has 0 aliphatic heterocycles. The number of hydrogen-bond acceptors (Lipinski definition) is 6. The van der Waals surface area contributed by atoms with E-state index in [1.54, 1.807) is 36.8 Å². The monoisotopic (exact) mass is 470 g/mol. The molecule has 36 heavy (non-hydrogen) atoms. The molecule has 1 amide bonds. The average Bonchev–Trinajstić information content (AvgIpc) is 2.92. The zero-order valence-corrected chi connectivity index (χ0v) is 19.5. The molecule has 7 heteroatoms.